The van der Waals surface area contributed by atoms with Crippen LogP contribution in [-0.2, 0) is 17.4 Å². The van der Waals surface area contributed by atoms with Crippen LogP contribution in [0, 0.1) is 0 Å². The Labute approximate surface area is 229 Å². The van der Waals surface area contributed by atoms with Crippen molar-refractivity contribution in [3.63, 3.8) is 0 Å². The maximum atomic E-state index is 13.9. The molecule has 3 amide bonds. The third-order valence-electron chi connectivity index (χ3n) is 6.93. The van der Waals surface area contributed by atoms with Crippen molar-refractivity contribution in [3.8, 4) is 5.69 Å². The van der Waals surface area contributed by atoms with Crippen LogP contribution in [0.4, 0.5) is 24.5 Å². The van der Waals surface area contributed by atoms with Gasteiger partial charge in [0.05, 0.1) is 12.2 Å². The quantitative estimate of drug-likeness (QED) is 0.431. The largest absolute Gasteiger partial charge is 0.435 e. The zero-order valence-corrected chi connectivity index (χ0v) is 22.5. The number of aromatic nitrogens is 2. The number of anilines is 2. The summed E-state index contributed by atoms with van der Waals surface area (Å²) < 4.78 is 42.6. The third-order valence-corrected chi connectivity index (χ3v) is 6.93. The van der Waals surface area contributed by atoms with Gasteiger partial charge in [0.1, 0.15) is 5.69 Å². The highest BCUT2D eigenvalue weighted by atomic mass is 19.4. The lowest BCUT2D eigenvalue weighted by Gasteiger charge is -2.29. The van der Waals surface area contributed by atoms with Crippen molar-refractivity contribution >= 4 is 29.1 Å². The molecule has 4 rings (SSSR count). The van der Waals surface area contributed by atoms with Crippen molar-refractivity contribution in [2.75, 3.05) is 43.0 Å². The van der Waals surface area contributed by atoms with Gasteiger partial charge in [-0.25, -0.2) is 4.68 Å². The molecule has 9 nitrogen and oxygen atoms in total. The predicted octanol–water partition coefficient (Wildman–Crippen LogP) is 3.89. The summed E-state index contributed by atoms with van der Waals surface area (Å²) in [6, 6.07) is 12.3. The first-order chi connectivity index (χ1) is 19.0. The van der Waals surface area contributed by atoms with Crippen LogP contribution >= 0.6 is 0 Å². The highest BCUT2D eigenvalue weighted by Gasteiger charge is 2.43. The van der Waals surface area contributed by atoms with E-state index >= 15 is 0 Å². The van der Waals surface area contributed by atoms with Crippen molar-refractivity contribution in [3.05, 3.63) is 71.0 Å². The van der Waals surface area contributed by atoms with E-state index in [1.54, 1.807) is 31.3 Å². The van der Waals surface area contributed by atoms with Gasteiger partial charge >= 0.3 is 6.18 Å². The van der Waals surface area contributed by atoms with Gasteiger partial charge in [0.25, 0.3) is 5.91 Å². The molecule has 0 fully saturated rings. The molecule has 0 unspecified atom stereocenters. The molecule has 0 spiro atoms. The Balaban J connectivity index is 1.64. The molecule has 3 aromatic rings. The Bertz CT molecular complexity index is 1420. The minimum absolute atomic E-state index is 0.0124. The van der Waals surface area contributed by atoms with Crippen molar-refractivity contribution in [2.45, 2.75) is 32.9 Å². The SMILES string of the molecule is CCCN(CC)CC(=O)N(C)c1ccc(N2CCc3c(C(F)(F)F)nn(-c4cccc(C(N)=O)c4)c3C2=O)cc1. The van der Waals surface area contributed by atoms with E-state index in [1.807, 2.05) is 6.92 Å². The highest BCUT2D eigenvalue weighted by Crippen LogP contribution is 2.37. The summed E-state index contributed by atoms with van der Waals surface area (Å²) in [7, 11) is 1.67. The number of alkyl halides is 3. The minimum Gasteiger partial charge on any atom is -0.366 e. The maximum absolute atomic E-state index is 13.9. The molecule has 1 aliphatic heterocycles. The van der Waals surface area contributed by atoms with Crippen molar-refractivity contribution in [1.82, 2.24) is 14.7 Å². The molecule has 1 aliphatic rings. The van der Waals surface area contributed by atoms with Crippen LogP contribution in [-0.4, -0.2) is 65.6 Å². The lowest BCUT2D eigenvalue weighted by Crippen LogP contribution is -2.39. The molecule has 2 N–H and O–H groups in total. The van der Waals surface area contributed by atoms with Crippen molar-refractivity contribution in [2.24, 2.45) is 5.73 Å². The Hall–Kier alpha value is -4.19. The van der Waals surface area contributed by atoms with E-state index in [-0.39, 0.29) is 47.9 Å². The number of nitrogens with two attached hydrogens (primary N) is 1. The molecule has 0 radical (unpaired) electrons. The van der Waals surface area contributed by atoms with E-state index in [2.05, 4.69) is 16.9 Å². The summed E-state index contributed by atoms with van der Waals surface area (Å²) in [5.41, 5.74) is 5.04. The molecule has 0 bridgehead atoms. The van der Waals surface area contributed by atoms with E-state index in [1.165, 1.54) is 34.1 Å². The van der Waals surface area contributed by atoms with Crippen LogP contribution in [0.2, 0.25) is 0 Å². The lowest BCUT2D eigenvalue weighted by atomic mass is 10.0. The molecule has 12 heteroatoms. The summed E-state index contributed by atoms with van der Waals surface area (Å²) in [6.07, 6.45) is -3.91. The van der Waals surface area contributed by atoms with E-state index in [0.29, 0.717) is 11.4 Å². The monoisotopic (exact) mass is 556 g/mol. The van der Waals surface area contributed by atoms with Crippen molar-refractivity contribution in [1.29, 1.82) is 0 Å². The van der Waals surface area contributed by atoms with Crippen LogP contribution < -0.4 is 15.5 Å². The number of carbonyl (C=O) groups is 3. The normalized spacial score (nSPS) is 13.5. The average molecular weight is 557 g/mol. The Morgan fingerprint density at radius 3 is 2.38 bits per heavy atom. The molecule has 0 atom stereocenters. The Morgan fingerprint density at radius 2 is 1.77 bits per heavy atom. The fourth-order valence-corrected chi connectivity index (χ4v) is 4.77. The van der Waals surface area contributed by atoms with E-state index in [9.17, 15) is 27.6 Å². The molecule has 1 aromatic heterocycles. The van der Waals surface area contributed by atoms with Crippen LogP contribution in [0.5, 0.6) is 0 Å². The van der Waals surface area contributed by atoms with Crippen LogP contribution in [0.1, 0.15) is 52.4 Å². The van der Waals surface area contributed by atoms with Crippen LogP contribution in [0.15, 0.2) is 48.5 Å². The van der Waals surface area contributed by atoms with Crippen LogP contribution in [0.3, 0.4) is 0 Å². The first-order valence-corrected chi connectivity index (χ1v) is 13.0. The average Bonchev–Trinajstić information content (AvgIpc) is 3.34. The van der Waals surface area contributed by atoms with Gasteiger partial charge in [0.15, 0.2) is 5.69 Å². The first-order valence-electron chi connectivity index (χ1n) is 13.0. The Kier molecular flexibility index (Phi) is 8.29. The molecule has 40 heavy (non-hydrogen) atoms. The highest BCUT2D eigenvalue weighted by molar-refractivity contribution is 6.08. The number of rotatable bonds is 9. The summed E-state index contributed by atoms with van der Waals surface area (Å²) in [4.78, 5) is 43.1. The van der Waals surface area contributed by atoms with Gasteiger partial charge in [-0.05, 0) is 68.4 Å². The number of carbonyl (C=O) groups excluding carboxylic acids is 3. The number of benzene rings is 2. The topological polar surface area (TPSA) is 105 Å². The number of fused-ring (bicyclic) bond motifs is 1. The smallest absolute Gasteiger partial charge is 0.366 e. The number of likely N-dealkylation sites (N-methyl/N-ethyl adjacent to an activating group) is 2. The van der Waals surface area contributed by atoms with Gasteiger partial charge in [-0.2, -0.15) is 18.3 Å². The third kappa shape index (κ3) is 5.71. The van der Waals surface area contributed by atoms with Gasteiger partial charge in [0, 0.05) is 36.1 Å². The molecule has 0 aliphatic carbocycles. The fourth-order valence-electron chi connectivity index (χ4n) is 4.77. The molecule has 0 saturated carbocycles. The fraction of sp³-hybridized carbons (Fsp3) is 0.357. The van der Waals surface area contributed by atoms with Gasteiger partial charge in [-0.1, -0.05) is 19.9 Å². The standard InChI is InChI=1S/C28H31F3N6O3/c1-4-14-35(5-2)17-23(38)34(3)19-9-11-20(12-10-19)36-15-13-22-24(27(36)40)37(33-25(22)28(29,30)31)21-8-6-7-18(16-21)26(32)39/h6-12,16H,4-5,13-15,17H2,1-3H3,(H2,32,39). The van der Waals surface area contributed by atoms with Crippen molar-refractivity contribution < 1.29 is 27.6 Å². The number of hydrogen-bond donors (Lipinski definition) is 1. The minimum atomic E-state index is -4.78. The number of amides is 3. The van der Waals surface area contributed by atoms with E-state index in [0.717, 1.165) is 24.2 Å². The predicted molar refractivity (Wildman–Crippen MR) is 145 cm³/mol. The van der Waals surface area contributed by atoms with E-state index in [4.69, 9.17) is 5.73 Å². The zero-order valence-electron chi connectivity index (χ0n) is 22.5. The zero-order chi connectivity index (χ0) is 29.2. The van der Waals surface area contributed by atoms with Gasteiger partial charge < -0.3 is 15.5 Å². The molecule has 0 saturated heterocycles. The first kappa shape index (κ1) is 28.8. The molecule has 2 aromatic carbocycles. The second-order valence-corrected chi connectivity index (χ2v) is 9.54. The second-order valence-electron chi connectivity index (χ2n) is 9.54. The number of halogens is 3. The molecule has 2 heterocycles. The number of nitrogens with zero attached hydrogens (tertiary/aromatic N) is 5. The number of hydrogen-bond acceptors (Lipinski definition) is 5. The van der Waals surface area contributed by atoms with E-state index < -0.39 is 23.7 Å². The summed E-state index contributed by atoms with van der Waals surface area (Å²) >= 11 is 0. The summed E-state index contributed by atoms with van der Waals surface area (Å²) in [5.74, 6) is -1.50. The molecular weight excluding hydrogens is 525 g/mol. The van der Waals surface area contributed by atoms with Gasteiger partial charge in [-0.3, -0.25) is 19.3 Å². The molecular formula is C28H31F3N6O3. The lowest BCUT2D eigenvalue weighted by molar-refractivity contribution is -0.142. The Morgan fingerprint density at radius 1 is 1.07 bits per heavy atom. The number of primary amides is 1. The van der Waals surface area contributed by atoms with Gasteiger partial charge in [0.2, 0.25) is 11.8 Å². The summed E-state index contributed by atoms with van der Waals surface area (Å²) in [6.45, 7) is 5.90. The second kappa shape index (κ2) is 11.5. The maximum Gasteiger partial charge on any atom is 0.435 e. The van der Waals surface area contributed by atoms with Crippen LogP contribution in [0.25, 0.3) is 5.69 Å². The summed E-state index contributed by atoms with van der Waals surface area (Å²) in [5, 5.41) is 3.76. The van der Waals surface area contributed by atoms with Gasteiger partial charge in [-0.15, -0.1) is 0 Å². The molecule has 212 valence electrons.